The second kappa shape index (κ2) is 5.17. The van der Waals surface area contributed by atoms with Gasteiger partial charge in [0.1, 0.15) is 23.7 Å². The summed E-state index contributed by atoms with van der Waals surface area (Å²) in [5, 5.41) is 20.4. The van der Waals surface area contributed by atoms with Crippen LogP contribution in [-0.4, -0.2) is 59.3 Å². The van der Waals surface area contributed by atoms with E-state index in [2.05, 4.69) is 0 Å². The summed E-state index contributed by atoms with van der Waals surface area (Å²) in [6.07, 6.45) is -2.30. The molecule has 0 amide bonds. The molecule has 0 aromatic heterocycles. The Morgan fingerprint density at radius 3 is 2.43 bits per heavy atom. The predicted molar refractivity (Wildman–Crippen MR) is 71.1 cm³/mol. The van der Waals surface area contributed by atoms with Gasteiger partial charge in [-0.05, 0) is 34.6 Å². The second-order valence-corrected chi connectivity index (χ2v) is 6.40. The zero-order valence-corrected chi connectivity index (χ0v) is 13.1. The summed E-state index contributed by atoms with van der Waals surface area (Å²) in [6.45, 7) is 7.99. The summed E-state index contributed by atoms with van der Waals surface area (Å²) in [7, 11) is 0. The van der Waals surface area contributed by atoms with Crippen molar-refractivity contribution in [2.24, 2.45) is 5.41 Å². The third-order valence-electron chi connectivity index (χ3n) is 4.07. The standard InChI is InChI=1S/C14H24O7/c1-6-18-11(16)12(2,3)14(17)10-9(8(7-15)19-14)20-13(4,5)21-10/h8-10,15,17H,6-7H2,1-5H3/t8-,9-,10-,14-/m1/s1. The minimum atomic E-state index is -1.94. The second-order valence-electron chi connectivity index (χ2n) is 6.40. The first-order valence-corrected chi connectivity index (χ1v) is 7.13. The van der Waals surface area contributed by atoms with E-state index >= 15 is 0 Å². The number of fused-ring (bicyclic) bond motifs is 1. The van der Waals surface area contributed by atoms with Gasteiger partial charge in [-0.3, -0.25) is 4.79 Å². The largest absolute Gasteiger partial charge is 0.465 e. The Hall–Kier alpha value is -0.730. The predicted octanol–water partition coefficient (Wildman–Crippen LogP) is 0.175. The van der Waals surface area contributed by atoms with Gasteiger partial charge in [0.15, 0.2) is 5.79 Å². The lowest BCUT2D eigenvalue weighted by molar-refractivity contribution is -0.313. The first-order valence-electron chi connectivity index (χ1n) is 7.13. The van der Waals surface area contributed by atoms with Crippen molar-refractivity contribution in [3.63, 3.8) is 0 Å². The number of aliphatic hydroxyl groups is 2. The minimum Gasteiger partial charge on any atom is -0.465 e. The number of hydrogen-bond acceptors (Lipinski definition) is 7. The molecule has 0 radical (unpaired) electrons. The van der Waals surface area contributed by atoms with Crippen molar-refractivity contribution in [2.45, 2.75) is 64.5 Å². The van der Waals surface area contributed by atoms with E-state index in [1.807, 2.05) is 0 Å². The Morgan fingerprint density at radius 1 is 1.29 bits per heavy atom. The molecule has 0 unspecified atom stereocenters. The molecule has 122 valence electrons. The lowest BCUT2D eigenvalue weighted by Gasteiger charge is -2.40. The zero-order valence-electron chi connectivity index (χ0n) is 13.1. The molecule has 0 saturated carbocycles. The number of ether oxygens (including phenoxy) is 4. The number of hydrogen-bond donors (Lipinski definition) is 2. The van der Waals surface area contributed by atoms with Crippen LogP contribution in [-0.2, 0) is 23.7 Å². The lowest BCUT2D eigenvalue weighted by atomic mass is 9.79. The highest BCUT2D eigenvalue weighted by Crippen LogP contribution is 2.50. The van der Waals surface area contributed by atoms with Crippen molar-refractivity contribution in [3.05, 3.63) is 0 Å². The molecule has 4 atom stereocenters. The normalized spacial score (nSPS) is 38.3. The summed E-state index contributed by atoms with van der Waals surface area (Å²) in [5.41, 5.74) is -1.38. The molecule has 0 aromatic carbocycles. The van der Waals surface area contributed by atoms with E-state index in [0.717, 1.165) is 0 Å². The maximum absolute atomic E-state index is 12.2. The van der Waals surface area contributed by atoms with E-state index in [9.17, 15) is 15.0 Å². The molecule has 2 fully saturated rings. The maximum Gasteiger partial charge on any atom is 0.317 e. The van der Waals surface area contributed by atoms with Crippen LogP contribution in [0.5, 0.6) is 0 Å². The van der Waals surface area contributed by atoms with Crippen molar-refractivity contribution < 1.29 is 34.0 Å². The average molecular weight is 304 g/mol. The SMILES string of the molecule is CCOC(=O)C(C)(C)[C@]1(O)O[C@H](CO)[C@H]2OC(C)(C)O[C@H]21. The van der Waals surface area contributed by atoms with Gasteiger partial charge in [0, 0.05) is 0 Å². The van der Waals surface area contributed by atoms with Crippen molar-refractivity contribution in [3.8, 4) is 0 Å². The van der Waals surface area contributed by atoms with Crippen LogP contribution in [0, 0.1) is 5.41 Å². The quantitative estimate of drug-likeness (QED) is 0.715. The topological polar surface area (TPSA) is 94.5 Å². The summed E-state index contributed by atoms with van der Waals surface area (Å²) in [4.78, 5) is 12.2. The summed E-state index contributed by atoms with van der Waals surface area (Å²) in [6, 6.07) is 0. The Kier molecular flexibility index (Phi) is 4.10. The molecular formula is C14H24O7. The summed E-state index contributed by atoms with van der Waals surface area (Å²) in [5.74, 6) is -3.46. The molecule has 0 spiro atoms. The van der Waals surface area contributed by atoms with Crippen LogP contribution in [0.25, 0.3) is 0 Å². The number of aliphatic hydroxyl groups excluding tert-OH is 1. The molecule has 2 saturated heterocycles. The Morgan fingerprint density at radius 2 is 1.90 bits per heavy atom. The molecule has 2 N–H and O–H groups in total. The molecule has 0 aromatic rings. The molecule has 2 rings (SSSR count). The van der Waals surface area contributed by atoms with Crippen LogP contribution in [0.2, 0.25) is 0 Å². The molecule has 2 aliphatic heterocycles. The highest BCUT2D eigenvalue weighted by Gasteiger charge is 2.69. The van der Waals surface area contributed by atoms with Crippen molar-refractivity contribution >= 4 is 5.97 Å². The van der Waals surface area contributed by atoms with E-state index in [1.165, 1.54) is 13.8 Å². The van der Waals surface area contributed by atoms with Gasteiger partial charge in [0.2, 0.25) is 5.79 Å². The van der Waals surface area contributed by atoms with Gasteiger partial charge in [0.05, 0.1) is 13.2 Å². The van der Waals surface area contributed by atoms with E-state index in [0.29, 0.717) is 0 Å². The van der Waals surface area contributed by atoms with Gasteiger partial charge < -0.3 is 29.2 Å². The number of esters is 1. The molecule has 0 aliphatic carbocycles. The van der Waals surface area contributed by atoms with E-state index < -0.39 is 41.3 Å². The first-order chi connectivity index (χ1) is 9.59. The van der Waals surface area contributed by atoms with E-state index in [-0.39, 0.29) is 13.2 Å². The van der Waals surface area contributed by atoms with Gasteiger partial charge >= 0.3 is 5.97 Å². The Bertz CT molecular complexity index is 420. The van der Waals surface area contributed by atoms with Crippen LogP contribution < -0.4 is 0 Å². The summed E-state index contributed by atoms with van der Waals surface area (Å²) >= 11 is 0. The van der Waals surface area contributed by atoms with Crippen molar-refractivity contribution in [1.29, 1.82) is 0 Å². The molecule has 21 heavy (non-hydrogen) atoms. The van der Waals surface area contributed by atoms with Crippen molar-refractivity contribution in [2.75, 3.05) is 13.2 Å². The molecular weight excluding hydrogens is 280 g/mol. The highest BCUT2D eigenvalue weighted by atomic mass is 16.8. The van der Waals surface area contributed by atoms with Gasteiger partial charge in [-0.15, -0.1) is 0 Å². The van der Waals surface area contributed by atoms with Gasteiger partial charge in [-0.25, -0.2) is 0 Å². The number of carbonyl (C=O) groups is 1. The molecule has 2 aliphatic rings. The zero-order chi connectivity index (χ0) is 16.1. The van der Waals surface area contributed by atoms with E-state index in [4.69, 9.17) is 18.9 Å². The van der Waals surface area contributed by atoms with Gasteiger partial charge in [0.25, 0.3) is 0 Å². The Balaban J connectivity index is 2.35. The Labute approximate surface area is 124 Å². The minimum absolute atomic E-state index is 0.193. The smallest absolute Gasteiger partial charge is 0.317 e. The number of rotatable bonds is 4. The monoisotopic (exact) mass is 304 g/mol. The highest BCUT2D eigenvalue weighted by molar-refractivity contribution is 5.77. The first kappa shape index (κ1) is 16.6. The van der Waals surface area contributed by atoms with Crippen LogP contribution in [0.3, 0.4) is 0 Å². The van der Waals surface area contributed by atoms with Gasteiger partial charge in [-0.2, -0.15) is 0 Å². The molecule has 2 heterocycles. The van der Waals surface area contributed by atoms with Crippen LogP contribution >= 0.6 is 0 Å². The van der Waals surface area contributed by atoms with Crippen molar-refractivity contribution in [1.82, 2.24) is 0 Å². The third kappa shape index (κ3) is 2.47. The van der Waals surface area contributed by atoms with E-state index in [1.54, 1.807) is 20.8 Å². The lowest BCUT2D eigenvalue weighted by Crippen LogP contribution is -2.58. The molecule has 0 bridgehead atoms. The fourth-order valence-corrected chi connectivity index (χ4v) is 2.83. The van der Waals surface area contributed by atoms with Crippen LogP contribution in [0.15, 0.2) is 0 Å². The van der Waals surface area contributed by atoms with Crippen LogP contribution in [0.4, 0.5) is 0 Å². The average Bonchev–Trinajstić information content (AvgIpc) is 2.83. The fourth-order valence-electron chi connectivity index (χ4n) is 2.83. The molecule has 7 heteroatoms. The third-order valence-corrected chi connectivity index (χ3v) is 4.07. The summed E-state index contributed by atoms with van der Waals surface area (Å²) < 4.78 is 22.0. The van der Waals surface area contributed by atoms with Crippen LogP contribution in [0.1, 0.15) is 34.6 Å². The fraction of sp³-hybridized carbons (Fsp3) is 0.929. The number of carbonyl (C=O) groups excluding carboxylic acids is 1. The molecule has 7 nitrogen and oxygen atoms in total. The van der Waals surface area contributed by atoms with Gasteiger partial charge in [-0.1, -0.05) is 0 Å². The maximum atomic E-state index is 12.2.